The molecule has 1 aliphatic rings. The summed E-state index contributed by atoms with van der Waals surface area (Å²) in [5.41, 5.74) is 0.128. The van der Waals surface area contributed by atoms with Crippen LogP contribution in [0, 0.1) is 0 Å². The second-order valence-electron chi connectivity index (χ2n) is 4.95. The summed E-state index contributed by atoms with van der Waals surface area (Å²) in [6.07, 6.45) is 1.33. The molecule has 0 aromatic carbocycles. The van der Waals surface area contributed by atoms with Crippen molar-refractivity contribution < 1.29 is 8.42 Å². The summed E-state index contributed by atoms with van der Waals surface area (Å²) in [4.78, 5) is 2.30. The molecule has 0 unspecified atom stereocenters. The number of rotatable bonds is 1. The minimum Gasteiger partial charge on any atom is -0.298 e. The van der Waals surface area contributed by atoms with Gasteiger partial charge in [-0.1, -0.05) is 0 Å². The molecule has 4 nitrogen and oxygen atoms in total. The van der Waals surface area contributed by atoms with Crippen LogP contribution in [0.15, 0.2) is 0 Å². The molecule has 84 valence electrons. The topological polar surface area (TPSA) is 63.4 Å². The van der Waals surface area contributed by atoms with E-state index in [-0.39, 0.29) is 10.8 Å². The Morgan fingerprint density at radius 1 is 1.21 bits per heavy atom. The highest BCUT2D eigenvalue weighted by Gasteiger charge is 2.31. The van der Waals surface area contributed by atoms with Gasteiger partial charge in [0.15, 0.2) is 0 Å². The Labute approximate surface area is 86.5 Å². The third-order valence-corrected chi connectivity index (χ3v) is 4.26. The predicted molar refractivity (Wildman–Crippen MR) is 57.5 cm³/mol. The van der Waals surface area contributed by atoms with Gasteiger partial charge in [0.05, 0.1) is 5.25 Å². The van der Waals surface area contributed by atoms with Crippen molar-refractivity contribution in [3.05, 3.63) is 0 Å². The normalized spacial score (nSPS) is 22.6. The minimum atomic E-state index is -3.32. The number of likely N-dealkylation sites (tertiary alicyclic amines) is 1. The molecule has 0 saturated carbocycles. The molecule has 0 radical (unpaired) electrons. The van der Waals surface area contributed by atoms with Crippen molar-refractivity contribution in [1.29, 1.82) is 0 Å². The van der Waals surface area contributed by atoms with Gasteiger partial charge in [-0.3, -0.25) is 4.90 Å². The lowest BCUT2D eigenvalue weighted by Crippen LogP contribution is -2.49. The first-order valence-electron chi connectivity index (χ1n) is 4.98. The molecule has 5 heteroatoms. The second kappa shape index (κ2) is 3.79. The zero-order chi connectivity index (χ0) is 11.0. The van der Waals surface area contributed by atoms with Crippen LogP contribution >= 0.6 is 0 Å². The van der Waals surface area contributed by atoms with Crippen molar-refractivity contribution in [2.45, 2.75) is 44.4 Å². The SMILES string of the molecule is CC(C)(C)N1CCC(S(N)(=O)=O)CC1. The Morgan fingerprint density at radius 3 is 1.93 bits per heavy atom. The maximum atomic E-state index is 11.1. The van der Waals surface area contributed by atoms with Gasteiger partial charge in [-0.05, 0) is 46.7 Å². The number of nitrogens with two attached hydrogens (primary N) is 1. The van der Waals surface area contributed by atoms with E-state index in [1.807, 2.05) is 0 Å². The fourth-order valence-corrected chi connectivity index (χ4v) is 2.72. The molecule has 1 rings (SSSR count). The van der Waals surface area contributed by atoms with E-state index in [0.29, 0.717) is 12.8 Å². The average molecular weight is 220 g/mol. The fraction of sp³-hybridized carbons (Fsp3) is 1.00. The van der Waals surface area contributed by atoms with E-state index in [1.165, 1.54) is 0 Å². The predicted octanol–water partition coefficient (Wildman–Crippen LogP) is 0.538. The van der Waals surface area contributed by atoms with E-state index < -0.39 is 10.0 Å². The number of piperidine rings is 1. The van der Waals surface area contributed by atoms with E-state index in [0.717, 1.165) is 13.1 Å². The molecule has 0 spiro atoms. The quantitative estimate of drug-likeness (QED) is 0.701. The molecular formula is C9H20N2O2S. The molecule has 0 atom stereocenters. The third kappa shape index (κ3) is 2.93. The highest BCUT2D eigenvalue weighted by molar-refractivity contribution is 7.89. The first-order chi connectivity index (χ1) is 6.21. The first kappa shape index (κ1) is 11.9. The molecule has 0 aliphatic carbocycles. The first-order valence-corrected chi connectivity index (χ1v) is 6.59. The zero-order valence-corrected chi connectivity index (χ0v) is 9.97. The molecule has 0 bridgehead atoms. The van der Waals surface area contributed by atoms with Gasteiger partial charge < -0.3 is 0 Å². The van der Waals surface area contributed by atoms with E-state index in [1.54, 1.807) is 0 Å². The van der Waals surface area contributed by atoms with Crippen LogP contribution in [0.25, 0.3) is 0 Å². The molecule has 14 heavy (non-hydrogen) atoms. The molecule has 0 amide bonds. The standard InChI is InChI=1S/C9H20N2O2S/c1-9(2,3)11-6-4-8(5-7-11)14(10,12)13/h8H,4-7H2,1-3H3,(H2,10,12,13). The fourth-order valence-electron chi connectivity index (χ4n) is 1.86. The summed E-state index contributed by atoms with van der Waals surface area (Å²) < 4.78 is 22.2. The molecular weight excluding hydrogens is 200 g/mol. The van der Waals surface area contributed by atoms with Crippen molar-refractivity contribution >= 4 is 10.0 Å². The van der Waals surface area contributed by atoms with Gasteiger partial charge >= 0.3 is 0 Å². The van der Waals surface area contributed by atoms with E-state index in [9.17, 15) is 8.42 Å². The van der Waals surface area contributed by atoms with Gasteiger partial charge in [-0.2, -0.15) is 0 Å². The Hall–Kier alpha value is -0.130. The lowest BCUT2D eigenvalue weighted by Gasteiger charge is -2.40. The number of hydrogen-bond acceptors (Lipinski definition) is 3. The van der Waals surface area contributed by atoms with Crippen LogP contribution in [0.2, 0.25) is 0 Å². The van der Waals surface area contributed by atoms with Gasteiger partial charge in [-0.25, -0.2) is 13.6 Å². The van der Waals surface area contributed by atoms with Crippen molar-refractivity contribution in [3.8, 4) is 0 Å². The Balaban J connectivity index is 2.56. The minimum absolute atomic E-state index is 0.128. The summed E-state index contributed by atoms with van der Waals surface area (Å²) in [6.45, 7) is 8.08. The lowest BCUT2D eigenvalue weighted by atomic mass is 10.0. The highest BCUT2D eigenvalue weighted by atomic mass is 32.2. The van der Waals surface area contributed by atoms with E-state index >= 15 is 0 Å². The molecule has 2 N–H and O–H groups in total. The van der Waals surface area contributed by atoms with Crippen LogP contribution in [0.5, 0.6) is 0 Å². The van der Waals surface area contributed by atoms with E-state index in [4.69, 9.17) is 5.14 Å². The van der Waals surface area contributed by atoms with Crippen LogP contribution in [-0.2, 0) is 10.0 Å². The van der Waals surface area contributed by atoms with Gasteiger partial charge in [0.25, 0.3) is 0 Å². The Bertz CT molecular complexity index is 284. The zero-order valence-electron chi connectivity index (χ0n) is 9.16. The largest absolute Gasteiger partial charge is 0.298 e. The van der Waals surface area contributed by atoms with Crippen LogP contribution in [0.1, 0.15) is 33.6 Å². The summed E-state index contributed by atoms with van der Waals surface area (Å²) in [5.74, 6) is 0. The monoisotopic (exact) mass is 220 g/mol. The molecule has 0 aromatic rings. The molecule has 1 saturated heterocycles. The Morgan fingerprint density at radius 2 is 1.64 bits per heavy atom. The van der Waals surface area contributed by atoms with Gasteiger partial charge in [0, 0.05) is 5.54 Å². The van der Waals surface area contributed by atoms with E-state index in [2.05, 4.69) is 25.7 Å². The smallest absolute Gasteiger partial charge is 0.212 e. The lowest BCUT2D eigenvalue weighted by molar-refractivity contribution is 0.112. The molecule has 1 heterocycles. The molecule has 1 aliphatic heterocycles. The van der Waals surface area contributed by atoms with Crippen molar-refractivity contribution in [1.82, 2.24) is 4.90 Å². The molecule has 1 fully saturated rings. The third-order valence-electron chi connectivity index (χ3n) is 2.86. The average Bonchev–Trinajstić information content (AvgIpc) is 2.01. The van der Waals surface area contributed by atoms with Crippen LogP contribution < -0.4 is 5.14 Å². The summed E-state index contributed by atoms with van der Waals surface area (Å²) >= 11 is 0. The van der Waals surface area contributed by atoms with Crippen molar-refractivity contribution in [2.24, 2.45) is 5.14 Å². The van der Waals surface area contributed by atoms with Gasteiger partial charge in [0.1, 0.15) is 0 Å². The van der Waals surface area contributed by atoms with Gasteiger partial charge in [0.2, 0.25) is 10.0 Å². The summed E-state index contributed by atoms with van der Waals surface area (Å²) in [6, 6.07) is 0. The number of primary sulfonamides is 1. The number of hydrogen-bond donors (Lipinski definition) is 1. The van der Waals surface area contributed by atoms with Crippen molar-refractivity contribution in [3.63, 3.8) is 0 Å². The maximum absolute atomic E-state index is 11.1. The highest BCUT2D eigenvalue weighted by Crippen LogP contribution is 2.22. The van der Waals surface area contributed by atoms with Crippen molar-refractivity contribution in [2.75, 3.05) is 13.1 Å². The number of nitrogens with zero attached hydrogens (tertiary/aromatic N) is 1. The summed E-state index contributed by atoms with van der Waals surface area (Å²) in [7, 11) is -3.32. The second-order valence-corrected chi connectivity index (χ2v) is 6.79. The van der Waals surface area contributed by atoms with Crippen LogP contribution in [-0.4, -0.2) is 37.2 Å². The summed E-state index contributed by atoms with van der Waals surface area (Å²) in [5, 5.41) is 4.79. The van der Waals surface area contributed by atoms with Gasteiger partial charge in [-0.15, -0.1) is 0 Å². The van der Waals surface area contributed by atoms with Crippen LogP contribution in [0.3, 0.4) is 0 Å². The number of sulfonamides is 1. The Kier molecular flexibility index (Phi) is 3.23. The maximum Gasteiger partial charge on any atom is 0.212 e. The molecule has 0 aromatic heterocycles. The van der Waals surface area contributed by atoms with Crippen LogP contribution in [0.4, 0.5) is 0 Å².